The van der Waals surface area contributed by atoms with Crippen LogP contribution in [0.2, 0.25) is 0 Å². The van der Waals surface area contributed by atoms with E-state index in [9.17, 15) is 4.39 Å². The summed E-state index contributed by atoms with van der Waals surface area (Å²) in [4.78, 5) is 8.33. The zero-order valence-corrected chi connectivity index (χ0v) is 13.3. The monoisotopic (exact) mass is 336 g/mol. The van der Waals surface area contributed by atoms with Crippen LogP contribution in [0.25, 0.3) is 28.7 Å². The number of aromatic nitrogens is 6. The Labute approximate surface area is 142 Å². The van der Waals surface area contributed by atoms with E-state index in [1.807, 2.05) is 6.92 Å². The normalized spacial score (nSPS) is 11.0. The predicted octanol–water partition coefficient (Wildman–Crippen LogP) is 3.08. The molecule has 0 bridgehead atoms. The summed E-state index contributed by atoms with van der Waals surface area (Å²) < 4.78 is 20.9. The van der Waals surface area contributed by atoms with Crippen molar-refractivity contribution in [1.29, 1.82) is 0 Å². The van der Waals surface area contributed by atoms with Gasteiger partial charge in [0.15, 0.2) is 5.69 Å². The van der Waals surface area contributed by atoms with Gasteiger partial charge in [-0.05, 0) is 30.7 Å². The number of nitrogens with zero attached hydrogens (tertiary/aromatic N) is 6. The number of halogens is 1. The van der Waals surface area contributed by atoms with Crippen molar-refractivity contribution >= 4 is 0 Å². The lowest BCUT2D eigenvalue weighted by molar-refractivity contribution is 0.430. The minimum atomic E-state index is -0.378. The fourth-order valence-corrected chi connectivity index (χ4v) is 2.54. The minimum Gasteiger partial charge on any atom is -0.332 e. The molecule has 0 radical (unpaired) electrons. The molecule has 0 aliphatic heterocycles. The Morgan fingerprint density at radius 2 is 1.92 bits per heavy atom. The highest BCUT2D eigenvalue weighted by Gasteiger charge is 2.21. The van der Waals surface area contributed by atoms with Gasteiger partial charge in [0.2, 0.25) is 5.82 Å². The summed E-state index contributed by atoms with van der Waals surface area (Å²) in [5.41, 5.74) is 2.24. The van der Waals surface area contributed by atoms with Crippen molar-refractivity contribution in [3.63, 3.8) is 0 Å². The van der Waals surface area contributed by atoms with E-state index in [4.69, 9.17) is 4.52 Å². The molecule has 1 aromatic carbocycles. The molecule has 0 aliphatic carbocycles. The average Bonchev–Trinajstić information content (AvgIpc) is 3.29. The number of hydrogen-bond acceptors (Lipinski definition) is 6. The van der Waals surface area contributed by atoms with Crippen LogP contribution in [0.3, 0.4) is 0 Å². The highest BCUT2D eigenvalue weighted by molar-refractivity contribution is 5.58. The molecular formula is C17H13FN6O. The van der Waals surface area contributed by atoms with E-state index in [-0.39, 0.29) is 11.7 Å². The zero-order valence-electron chi connectivity index (χ0n) is 13.3. The first-order valence-electron chi connectivity index (χ1n) is 7.72. The topological polar surface area (TPSA) is 82.5 Å². The predicted molar refractivity (Wildman–Crippen MR) is 87.2 cm³/mol. The smallest absolute Gasteiger partial charge is 0.280 e. The Morgan fingerprint density at radius 3 is 2.68 bits per heavy atom. The second kappa shape index (κ2) is 6.23. The number of pyridine rings is 1. The van der Waals surface area contributed by atoms with E-state index in [0.29, 0.717) is 29.3 Å². The Balaban J connectivity index is 1.78. The van der Waals surface area contributed by atoms with Crippen molar-refractivity contribution in [1.82, 2.24) is 30.1 Å². The zero-order chi connectivity index (χ0) is 17.2. The quantitative estimate of drug-likeness (QED) is 0.569. The molecule has 0 N–H and O–H groups in total. The van der Waals surface area contributed by atoms with Crippen LogP contribution in [-0.2, 0) is 6.42 Å². The van der Waals surface area contributed by atoms with Crippen LogP contribution < -0.4 is 0 Å². The molecule has 0 amide bonds. The third-order valence-corrected chi connectivity index (χ3v) is 3.75. The maximum Gasteiger partial charge on any atom is 0.280 e. The van der Waals surface area contributed by atoms with Crippen molar-refractivity contribution in [2.45, 2.75) is 13.3 Å². The van der Waals surface area contributed by atoms with Gasteiger partial charge in [-0.15, -0.1) is 5.10 Å². The van der Waals surface area contributed by atoms with Crippen molar-refractivity contribution in [3.8, 4) is 28.7 Å². The Kier molecular flexibility index (Phi) is 3.77. The van der Waals surface area contributed by atoms with Crippen molar-refractivity contribution in [2.24, 2.45) is 0 Å². The van der Waals surface area contributed by atoms with Gasteiger partial charge < -0.3 is 4.52 Å². The molecule has 0 spiro atoms. The maximum absolute atomic E-state index is 14.1. The highest BCUT2D eigenvalue weighted by atomic mass is 19.1. The highest BCUT2D eigenvalue weighted by Crippen LogP contribution is 2.25. The summed E-state index contributed by atoms with van der Waals surface area (Å²) in [6.45, 7) is 1.93. The van der Waals surface area contributed by atoms with Gasteiger partial charge in [0, 0.05) is 18.0 Å². The second-order valence-corrected chi connectivity index (χ2v) is 5.26. The fraction of sp³-hybridized carbons (Fsp3) is 0.118. The lowest BCUT2D eigenvalue weighted by atomic mass is 10.2. The van der Waals surface area contributed by atoms with Gasteiger partial charge in [0.1, 0.15) is 11.5 Å². The van der Waals surface area contributed by atoms with Crippen molar-refractivity contribution in [2.75, 3.05) is 0 Å². The molecule has 3 aromatic heterocycles. The molecule has 4 aromatic rings. The van der Waals surface area contributed by atoms with E-state index in [0.717, 1.165) is 5.56 Å². The first kappa shape index (κ1) is 15.1. The number of rotatable bonds is 4. The molecule has 124 valence electrons. The molecule has 0 saturated carbocycles. The summed E-state index contributed by atoms with van der Waals surface area (Å²) >= 11 is 0. The first-order chi connectivity index (χ1) is 12.3. The molecule has 0 fully saturated rings. The van der Waals surface area contributed by atoms with Crippen LogP contribution in [0.5, 0.6) is 0 Å². The lowest BCUT2D eigenvalue weighted by Crippen LogP contribution is -2.04. The fourth-order valence-electron chi connectivity index (χ4n) is 2.54. The van der Waals surface area contributed by atoms with Gasteiger partial charge in [-0.25, -0.2) is 9.07 Å². The van der Waals surface area contributed by atoms with E-state index in [1.54, 1.807) is 42.7 Å². The number of benzene rings is 1. The maximum atomic E-state index is 14.1. The third-order valence-electron chi connectivity index (χ3n) is 3.75. The molecule has 0 atom stereocenters. The van der Waals surface area contributed by atoms with Crippen LogP contribution >= 0.6 is 0 Å². The first-order valence-corrected chi connectivity index (χ1v) is 7.72. The van der Waals surface area contributed by atoms with Gasteiger partial charge in [-0.1, -0.05) is 29.4 Å². The van der Waals surface area contributed by atoms with Crippen LogP contribution in [0.1, 0.15) is 12.6 Å². The van der Waals surface area contributed by atoms with E-state index < -0.39 is 0 Å². The second-order valence-electron chi connectivity index (χ2n) is 5.26. The summed E-state index contributed by atoms with van der Waals surface area (Å²) in [6, 6.07) is 9.96. The molecule has 0 saturated heterocycles. The van der Waals surface area contributed by atoms with Crippen molar-refractivity contribution in [3.05, 3.63) is 60.3 Å². The van der Waals surface area contributed by atoms with Gasteiger partial charge in [0.25, 0.3) is 5.89 Å². The van der Waals surface area contributed by atoms with E-state index >= 15 is 0 Å². The Bertz CT molecular complexity index is 1010. The summed E-state index contributed by atoms with van der Waals surface area (Å²) in [6.07, 6.45) is 3.87. The van der Waals surface area contributed by atoms with E-state index in [2.05, 4.69) is 25.4 Å². The Hall–Kier alpha value is -3.42. The van der Waals surface area contributed by atoms with Crippen LogP contribution in [-0.4, -0.2) is 30.1 Å². The number of hydrogen-bond donors (Lipinski definition) is 0. The standard InChI is InChI=1S/C17H13FN6O/c1-2-13-15(21-23-24(13)14-6-4-3-5-12(14)18)17-20-16(22-25-17)11-7-9-19-10-8-11/h3-10H,2H2,1H3. The van der Waals surface area contributed by atoms with Gasteiger partial charge >= 0.3 is 0 Å². The molecule has 8 heteroatoms. The molecule has 7 nitrogen and oxygen atoms in total. The summed E-state index contributed by atoms with van der Waals surface area (Å²) in [7, 11) is 0. The number of para-hydroxylation sites is 1. The van der Waals surface area contributed by atoms with Gasteiger partial charge in [-0.3, -0.25) is 4.98 Å². The summed E-state index contributed by atoms with van der Waals surface area (Å²) in [5, 5.41) is 12.2. The SMILES string of the molecule is CCc1c(-c2nc(-c3ccncc3)no2)nnn1-c1ccccc1F. The van der Waals surface area contributed by atoms with Crippen LogP contribution in [0.4, 0.5) is 4.39 Å². The van der Waals surface area contributed by atoms with Gasteiger partial charge in [0.05, 0.1) is 5.69 Å². The van der Waals surface area contributed by atoms with Crippen LogP contribution in [0.15, 0.2) is 53.3 Å². The molecular weight excluding hydrogens is 323 g/mol. The Morgan fingerprint density at radius 1 is 1.12 bits per heavy atom. The largest absolute Gasteiger partial charge is 0.332 e. The van der Waals surface area contributed by atoms with Crippen LogP contribution in [0, 0.1) is 5.82 Å². The molecule has 0 aliphatic rings. The van der Waals surface area contributed by atoms with E-state index in [1.165, 1.54) is 10.7 Å². The summed E-state index contributed by atoms with van der Waals surface area (Å²) in [5.74, 6) is 0.294. The molecule has 4 rings (SSSR count). The molecule has 3 heterocycles. The van der Waals surface area contributed by atoms with Crippen molar-refractivity contribution < 1.29 is 8.91 Å². The van der Waals surface area contributed by atoms with Gasteiger partial charge in [-0.2, -0.15) is 4.98 Å². The molecule has 0 unspecified atom stereocenters. The average molecular weight is 336 g/mol. The minimum absolute atomic E-state index is 0.242. The molecule has 25 heavy (non-hydrogen) atoms. The third kappa shape index (κ3) is 2.67. The lowest BCUT2D eigenvalue weighted by Gasteiger charge is -2.05.